The molecule has 136 valence electrons. The Morgan fingerprint density at radius 3 is 2.08 bits per heavy atom. The second-order valence-corrected chi connectivity index (χ2v) is 8.89. The predicted molar refractivity (Wildman–Crippen MR) is 112 cm³/mol. The summed E-state index contributed by atoms with van der Waals surface area (Å²) in [6, 6.07) is 16.8. The van der Waals surface area contributed by atoms with Crippen LogP contribution in [0.4, 0.5) is 0 Å². The fourth-order valence-corrected chi connectivity index (χ4v) is 3.36. The van der Waals surface area contributed by atoms with E-state index in [-0.39, 0.29) is 10.8 Å². The molecule has 0 aliphatic carbocycles. The Hall–Kier alpha value is -2.48. The smallest absolute Gasteiger partial charge is 0.134 e. The van der Waals surface area contributed by atoms with Gasteiger partial charge in [-0.25, -0.2) is 0 Å². The third-order valence-electron chi connectivity index (χ3n) is 4.70. The molecular weight excluding hydrogens is 318 g/mol. The van der Waals surface area contributed by atoms with Crippen LogP contribution in [0.3, 0.4) is 0 Å². The Morgan fingerprint density at radius 1 is 0.731 bits per heavy atom. The van der Waals surface area contributed by atoms with Crippen LogP contribution in [0.5, 0.6) is 0 Å². The first-order valence-corrected chi connectivity index (χ1v) is 9.21. The lowest BCUT2D eigenvalue weighted by molar-refractivity contribution is 0.592. The topological polar surface area (TPSA) is 28.9 Å². The molecule has 0 atom stereocenters. The molecular formula is C24H29NO. The van der Waals surface area contributed by atoms with E-state index < -0.39 is 0 Å². The van der Waals surface area contributed by atoms with Crippen molar-refractivity contribution >= 4 is 21.9 Å². The Labute approximate surface area is 156 Å². The molecule has 2 aromatic heterocycles. The van der Waals surface area contributed by atoms with Crippen molar-refractivity contribution in [1.29, 1.82) is 0 Å². The van der Waals surface area contributed by atoms with Crippen LogP contribution in [0.25, 0.3) is 21.9 Å². The molecule has 0 radical (unpaired) electrons. The zero-order chi connectivity index (χ0) is 18.9. The first kappa shape index (κ1) is 18.3. The minimum atomic E-state index is 0.184. The van der Waals surface area contributed by atoms with Gasteiger partial charge >= 0.3 is 0 Å². The Bertz CT molecular complexity index is 922. The first-order valence-electron chi connectivity index (χ1n) is 9.21. The highest BCUT2D eigenvalue weighted by Gasteiger charge is 2.17. The van der Waals surface area contributed by atoms with E-state index in [1.807, 2.05) is 24.4 Å². The molecule has 0 aliphatic rings. The minimum absolute atomic E-state index is 0.184. The Balaban J connectivity index is 0.000000151. The molecule has 2 aromatic carbocycles. The lowest BCUT2D eigenvalue weighted by Gasteiger charge is -2.19. The van der Waals surface area contributed by atoms with E-state index in [4.69, 9.17) is 4.42 Å². The fraction of sp³-hybridized carbons (Fsp3) is 0.333. The molecule has 0 saturated carbocycles. The summed E-state index contributed by atoms with van der Waals surface area (Å²) in [4.78, 5) is 3.29. The van der Waals surface area contributed by atoms with Crippen LogP contribution in [0.15, 0.2) is 65.4 Å². The van der Waals surface area contributed by atoms with Crippen molar-refractivity contribution in [1.82, 2.24) is 4.98 Å². The average Bonchev–Trinajstić information content (AvgIpc) is 3.21. The predicted octanol–water partition coefficient (Wildman–Crippen LogP) is 7.20. The van der Waals surface area contributed by atoms with Gasteiger partial charge in [0.15, 0.2) is 0 Å². The average molecular weight is 348 g/mol. The number of rotatable bonds is 0. The van der Waals surface area contributed by atoms with Crippen LogP contribution in [0.2, 0.25) is 0 Å². The third kappa shape index (κ3) is 3.70. The van der Waals surface area contributed by atoms with Crippen molar-refractivity contribution in [2.75, 3.05) is 0 Å². The number of aromatic nitrogens is 1. The van der Waals surface area contributed by atoms with Crippen molar-refractivity contribution < 1.29 is 4.42 Å². The number of nitrogens with one attached hydrogen (secondary N) is 1. The molecule has 0 aliphatic heterocycles. The number of benzene rings is 2. The van der Waals surface area contributed by atoms with Crippen LogP contribution in [-0.4, -0.2) is 4.98 Å². The Morgan fingerprint density at radius 2 is 1.38 bits per heavy atom. The maximum Gasteiger partial charge on any atom is 0.134 e. The van der Waals surface area contributed by atoms with E-state index in [0.29, 0.717) is 0 Å². The second kappa shape index (κ2) is 6.68. The van der Waals surface area contributed by atoms with Gasteiger partial charge in [0.05, 0.1) is 6.26 Å². The van der Waals surface area contributed by atoms with Crippen LogP contribution in [-0.2, 0) is 10.8 Å². The van der Waals surface area contributed by atoms with Gasteiger partial charge in [0.2, 0.25) is 0 Å². The number of hydrogen-bond acceptors (Lipinski definition) is 1. The molecule has 0 unspecified atom stereocenters. The molecule has 0 amide bonds. The summed E-state index contributed by atoms with van der Waals surface area (Å²) >= 11 is 0. The number of furan rings is 1. The molecule has 0 spiro atoms. The van der Waals surface area contributed by atoms with Gasteiger partial charge in [0.1, 0.15) is 5.58 Å². The molecule has 4 aromatic rings. The maximum absolute atomic E-state index is 5.35. The van der Waals surface area contributed by atoms with E-state index in [1.54, 1.807) is 6.26 Å². The molecule has 4 rings (SSSR count). The summed E-state index contributed by atoms with van der Waals surface area (Å²) in [6.45, 7) is 13.4. The van der Waals surface area contributed by atoms with Crippen molar-refractivity contribution in [2.45, 2.75) is 52.4 Å². The summed E-state index contributed by atoms with van der Waals surface area (Å²) in [5.41, 5.74) is 5.38. The van der Waals surface area contributed by atoms with E-state index in [1.165, 1.54) is 27.4 Å². The normalized spacial score (nSPS) is 12.2. The quantitative estimate of drug-likeness (QED) is 0.358. The van der Waals surface area contributed by atoms with Crippen molar-refractivity contribution in [3.05, 3.63) is 72.1 Å². The summed E-state index contributed by atoms with van der Waals surface area (Å²) in [5.74, 6) is 0. The minimum Gasteiger partial charge on any atom is -0.464 e. The zero-order valence-electron chi connectivity index (χ0n) is 16.7. The molecule has 0 fully saturated rings. The molecule has 2 heterocycles. The van der Waals surface area contributed by atoms with E-state index >= 15 is 0 Å². The first-order chi connectivity index (χ1) is 12.2. The van der Waals surface area contributed by atoms with Gasteiger partial charge in [-0.1, -0.05) is 71.9 Å². The zero-order valence-corrected chi connectivity index (χ0v) is 16.7. The monoisotopic (exact) mass is 347 g/mol. The fourth-order valence-electron chi connectivity index (χ4n) is 3.36. The van der Waals surface area contributed by atoms with Gasteiger partial charge in [0, 0.05) is 17.1 Å². The summed E-state index contributed by atoms with van der Waals surface area (Å²) in [7, 11) is 0. The lowest BCUT2D eigenvalue weighted by atomic mass is 9.85. The SMILES string of the molecule is CC(C)(C)c1cccc2cc[nH]c12.CC(C)(C)c1cccc2occc12. The van der Waals surface area contributed by atoms with Gasteiger partial charge in [0.25, 0.3) is 0 Å². The lowest BCUT2D eigenvalue weighted by Crippen LogP contribution is -2.11. The number of hydrogen-bond donors (Lipinski definition) is 1. The van der Waals surface area contributed by atoms with Crippen LogP contribution in [0, 0.1) is 0 Å². The highest BCUT2D eigenvalue weighted by molar-refractivity contribution is 5.83. The standard InChI is InChI=1S/C12H15N.C12H14O/c1-12(2,3)10-6-4-5-9-7-8-13-11(9)10;1-12(2,3)10-5-4-6-11-9(10)7-8-13-11/h4-8,13H,1-3H3;4-8H,1-3H3. The highest BCUT2D eigenvalue weighted by Crippen LogP contribution is 2.30. The highest BCUT2D eigenvalue weighted by atomic mass is 16.3. The molecule has 0 saturated heterocycles. The van der Waals surface area contributed by atoms with E-state index in [9.17, 15) is 0 Å². The molecule has 2 nitrogen and oxygen atoms in total. The van der Waals surface area contributed by atoms with Crippen LogP contribution >= 0.6 is 0 Å². The Kier molecular flexibility index (Phi) is 4.70. The van der Waals surface area contributed by atoms with E-state index in [0.717, 1.165) is 5.58 Å². The summed E-state index contributed by atoms with van der Waals surface area (Å²) in [6.07, 6.45) is 3.75. The number of aromatic amines is 1. The van der Waals surface area contributed by atoms with Gasteiger partial charge in [-0.2, -0.15) is 0 Å². The third-order valence-corrected chi connectivity index (χ3v) is 4.70. The molecule has 2 heteroatoms. The number of H-pyrrole nitrogens is 1. The van der Waals surface area contributed by atoms with Gasteiger partial charge < -0.3 is 9.40 Å². The van der Waals surface area contributed by atoms with Crippen molar-refractivity contribution in [2.24, 2.45) is 0 Å². The second-order valence-electron chi connectivity index (χ2n) is 8.89. The van der Waals surface area contributed by atoms with Gasteiger partial charge in [-0.05, 0) is 45.5 Å². The largest absolute Gasteiger partial charge is 0.464 e. The number of fused-ring (bicyclic) bond motifs is 2. The van der Waals surface area contributed by atoms with Crippen LogP contribution < -0.4 is 0 Å². The van der Waals surface area contributed by atoms with Crippen molar-refractivity contribution in [3.8, 4) is 0 Å². The van der Waals surface area contributed by atoms with Gasteiger partial charge in [-0.15, -0.1) is 0 Å². The molecule has 26 heavy (non-hydrogen) atoms. The maximum atomic E-state index is 5.35. The van der Waals surface area contributed by atoms with Crippen molar-refractivity contribution in [3.63, 3.8) is 0 Å². The molecule has 1 N–H and O–H groups in total. The summed E-state index contributed by atoms with van der Waals surface area (Å²) < 4.78 is 5.35. The molecule has 0 bridgehead atoms. The summed E-state index contributed by atoms with van der Waals surface area (Å²) in [5, 5.41) is 2.53. The van der Waals surface area contributed by atoms with Gasteiger partial charge in [-0.3, -0.25) is 0 Å². The number of para-hydroxylation sites is 1. The van der Waals surface area contributed by atoms with Crippen LogP contribution in [0.1, 0.15) is 52.7 Å². The van der Waals surface area contributed by atoms with E-state index in [2.05, 4.69) is 76.9 Å².